The Hall–Kier alpha value is -2.11. The quantitative estimate of drug-likeness (QED) is 0.636. The summed E-state index contributed by atoms with van der Waals surface area (Å²) in [6.07, 6.45) is 16.3. The monoisotopic (exact) mass is 450 g/mol. The summed E-state index contributed by atoms with van der Waals surface area (Å²) in [6, 6.07) is 7.76. The van der Waals surface area contributed by atoms with E-state index in [0.29, 0.717) is 12.3 Å². The third-order valence-corrected chi connectivity index (χ3v) is 7.76. The first-order chi connectivity index (χ1) is 16.1. The molecule has 2 N–H and O–H groups in total. The second kappa shape index (κ2) is 10.0. The summed E-state index contributed by atoms with van der Waals surface area (Å²) < 4.78 is 12.9. The van der Waals surface area contributed by atoms with Gasteiger partial charge in [0.25, 0.3) is 0 Å². The van der Waals surface area contributed by atoms with Crippen LogP contribution >= 0.6 is 0 Å². The molecule has 0 spiro atoms. The lowest BCUT2D eigenvalue weighted by Crippen LogP contribution is -2.44. The zero-order valence-electron chi connectivity index (χ0n) is 19.9. The molecule has 4 aliphatic rings. The minimum Gasteiger partial charge on any atom is -0.461 e. The maximum atomic E-state index is 13.0. The van der Waals surface area contributed by atoms with Crippen LogP contribution in [0.3, 0.4) is 0 Å². The van der Waals surface area contributed by atoms with Crippen LogP contribution in [0.25, 0.3) is 0 Å². The van der Waals surface area contributed by atoms with Gasteiger partial charge < -0.3 is 20.1 Å². The lowest BCUT2D eigenvalue weighted by atomic mass is 9.84. The normalized spacial score (nSPS) is 30.1. The number of carbonyl (C=O) groups excluding carboxylic acids is 1. The first kappa shape index (κ1) is 22.7. The number of benzene rings is 1. The highest BCUT2D eigenvalue weighted by Crippen LogP contribution is 2.44. The summed E-state index contributed by atoms with van der Waals surface area (Å²) >= 11 is 0. The van der Waals surface area contributed by atoms with Crippen molar-refractivity contribution in [3.8, 4) is 5.75 Å². The van der Waals surface area contributed by atoms with Gasteiger partial charge in [0.15, 0.2) is 0 Å². The largest absolute Gasteiger partial charge is 0.461 e. The van der Waals surface area contributed by atoms with Gasteiger partial charge >= 0.3 is 0 Å². The number of rotatable bonds is 5. The molecule has 1 saturated carbocycles. The molecule has 33 heavy (non-hydrogen) atoms. The van der Waals surface area contributed by atoms with Gasteiger partial charge in [-0.15, -0.1) is 0 Å². The number of carbonyl (C=O) groups is 1. The second-order valence-corrected chi connectivity index (χ2v) is 10.5. The Balaban J connectivity index is 1.30. The van der Waals surface area contributed by atoms with Gasteiger partial charge in [-0.2, -0.15) is 0 Å². The molecule has 2 heterocycles. The van der Waals surface area contributed by atoms with Gasteiger partial charge in [0, 0.05) is 17.6 Å². The third-order valence-electron chi connectivity index (χ3n) is 7.76. The molecule has 1 amide bonds. The van der Waals surface area contributed by atoms with Crippen molar-refractivity contribution in [3.05, 3.63) is 53.3 Å². The fourth-order valence-electron chi connectivity index (χ4n) is 5.72. The summed E-state index contributed by atoms with van der Waals surface area (Å²) in [5.41, 5.74) is 1.69. The maximum absolute atomic E-state index is 13.0. The highest BCUT2D eigenvalue weighted by Gasteiger charge is 2.38. The zero-order valence-corrected chi connectivity index (χ0v) is 19.9. The van der Waals surface area contributed by atoms with E-state index in [1.807, 2.05) is 18.2 Å². The van der Waals surface area contributed by atoms with Crippen LogP contribution in [0.15, 0.2) is 47.7 Å². The van der Waals surface area contributed by atoms with Crippen molar-refractivity contribution >= 4 is 5.91 Å². The van der Waals surface area contributed by atoms with E-state index in [-0.39, 0.29) is 23.6 Å². The standard InChI is InChI=1S/C28H38N2O3/c1-28(32-19-20-10-5-3-2-4-6-11-20)16-15-22-25(18-28)33-24-14-8-7-12-21(24)26(22)30-27(31)23-13-9-17-29-23/h7-8,12,14-16,20,23,26,29H,2-6,9-11,13,17-19H2,1H3,(H,30,31)/t23-,26?,28?/m0/s1. The first-order valence-corrected chi connectivity index (χ1v) is 13.0. The van der Waals surface area contributed by atoms with Gasteiger partial charge in [-0.25, -0.2) is 0 Å². The van der Waals surface area contributed by atoms with Crippen LogP contribution in [0.1, 0.15) is 82.7 Å². The topological polar surface area (TPSA) is 59.6 Å². The smallest absolute Gasteiger partial charge is 0.237 e. The lowest BCUT2D eigenvalue weighted by molar-refractivity contribution is -0.123. The van der Waals surface area contributed by atoms with E-state index < -0.39 is 0 Å². The number of ether oxygens (including phenoxy) is 2. The van der Waals surface area contributed by atoms with Crippen molar-refractivity contribution in [2.75, 3.05) is 13.2 Å². The number of para-hydroxylation sites is 1. The van der Waals surface area contributed by atoms with Crippen molar-refractivity contribution in [1.29, 1.82) is 0 Å². The minimum atomic E-state index is -0.380. The van der Waals surface area contributed by atoms with Crippen LogP contribution in [-0.2, 0) is 9.53 Å². The van der Waals surface area contributed by atoms with E-state index in [1.54, 1.807) is 0 Å². The van der Waals surface area contributed by atoms with E-state index in [1.165, 1.54) is 44.9 Å². The van der Waals surface area contributed by atoms with Gasteiger partial charge in [-0.3, -0.25) is 4.79 Å². The maximum Gasteiger partial charge on any atom is 0.237 e. The molecule has 0 radical (unpaired) electrons. The molecule has 5 rings (SSSR count). The van der Waals surface area contributed by atoms with E-state index in [4.69, 9.17) is 9.47 Å². The molecule has 1 saturated heterocycles. The Morgan fingerprint density at radius 3 is 2.70 bits per heavy atom. The number of hydrogen-bond donors (Lipinski definition) is 2. The first-order valence-electron chi connectivity index (χ1n) is 13.0. The number of amides is 1. The molecule has 5 heteroatoms. The van der Waals surface area contributed by atoms with Crippen LogP contribution < -0.4 is 15.4 Å². The van der Waals surface area contributed by atoms with Gasteiger partial charge in [0.1, 0.15) is 11.5 Å². The number of hydrogen-bond acceptors (Lipinski definition) is 4. The Bertz CT molecular complexity index is 909. The third kappa shape index (κ3) is 5.20. The van der Waals surface area contributed by atoms with Crippen molar-refractivity contribution in [2.45, 2.75) is 88.8 Å². The number of fused-ring (bicyclic) bond motifs is 1. The average Bonchev–Trinajstić information content (AvgIpc) is 3.33. The SMILES string of the molecule is CC1(OCC2CCCCCCC2)C=CC2=C(C1)Oc1ccccc1C2NC(=O)[C@@H]1CCCN1. The Morgan fingerprint density at radius 2 is 1.91 bits per heavy atom. The average molecular weight is 451 g/mol. The molecule has 2 unspecified atom stereocenters. The summed E-state index contributed by atoms with van der Waals surface area (Å²) in [6.45, 7) is 3.89. The van der Waals surface area contributed by atoms with Crippen molar-refractivity contribution in [2.24, 2.45) is 5.92 Å². The van der Waals surface area contributed by atoms with E-state index in [2.05, 4.69) is 35.8 Å². The predicted octanol–water partition coefficient (Wildman–Crippen LogP) is 5.34. The van der Waals surface area contributed by atoms with Crippen molar-refractivity contribution in [3.63, 3.8) is 0 Å². The van der Waals surface area contributed by atoms with E-state index in [0.717, 1.165) is 48.6 Å². The van der Waals surface area contributed by atoms with Gasteiger partial charge in [-0.1, -0.05) is 62.5 Å². The summed E-state index contributed by atoms with van der Waals surface area (Å²) in [4.78, 5) is 13.0. The molecule has 2 aliphatic carbocycles. The van der Waals surface area contributed by atoms with Crippen LogP contribution in [0, 0.1) is 5.92 Å². The molecule has 5 nitrogen and oxygen atoms in total. The molecule has 2 aliphatic heterocycles. The van der Waals surface area contributed by atoms with Gasteiger partial charge in [0.2, 0.25) is 5.91 Å². The summed E-state index contributed by atoms with van der Waals surface area (Å²) in [5, 5.41) is 6.62. The molecule has 3 atom stereocenters. The van der Waals surface area contributed by atoms with Gasteiger partial charge in [-0.05, 0) is 51.1 Å². The van der Waals surface area contributed by atoms with Crippen LogP contribution in [0.2, 0.25) is 0 Å². The lowest BCUT2D eigenvalue weighted by Gasteiger charge is -2.38. The minimum absolute atomic E-state index is 0.0725. The molecular weight excluding hydrogens is 412 g/mol. The van der Waals surface area contributed by atoms with E-state index in [9.17, 15) is 4.79 Å². The molecule has 2 fully saturated rings. The molecule has 1 aromatic carbocycles. The second-order valence-electron chi connectivity index (χ2n) is 10.5. The Labute approximate surface area is 198 Å². The fourth-order valence-corrected chi connectivity index (χ4v) is 5.72. The fraction of sp³-hybridized carbons (Fsp3) is 0.607. The number of nitrogens with one attached hydrogen (secondary N) is 2. The summed E-state index contributed by atoms with van der Waals surface area (Å²) in [5.74, 6) is 2.48. The predicted molar refractivity (Wildman–Crippen MR) is 130 cm³/mol. The highest BCUT2D eigenvalue weighted by atomic mass is 16.5. The Kier molecular flexibility index (Phi) is 6.89. The molecule has 1 aromatic rings. The summed E-state index contributed by atoms with van der Waals surface area (Å²) in [7, 11) is 0. The zero-order chi connectivity index (χ0) is 22.7. The van der Waals surface area contributed by atoms with Crippen LogP contribution in [0.5, 0.6) is 5.75 Å². The molecule has 178 valence electrons. The van der Waals surface area contributed by atoms with Crippen LogP contribution in [0.4, 0.5) is 0 Å². The van der Waals surface area contributed by atoms with Crippen LogP contribution in [-0.4, -0.2) is 30.7 Å². The highest BCUT2D eigenvalue weighted by molar-refractivity contribution is 5.83. The van der Waals surface area contributed by atoms with Crippen molar-refractivity contribution < 1.29 is 14.3 Å². The van der Waals surface area contributed by atoms with Gasteiger partial charge in [0.05, 0.1) is 24.3 Å². The molecular formula is C28H38N2O3. The van der Waals surface area contributed by atoms with E-state index >= 15 is 0 Å². The molecule has 0 bridgehead atoms. The molecule has 0 aromatic heterocycles. The Morgan fingerprint density at radius 1 is 1.12 bits per heavy atom. The van der Waals surface area contributed by atoms with Crippen molar-refractivity contribution in [1.82, 2.24) is 10.6 Å².